The first-order chi connectivity index (χ1) is 14.3. The molecule has 1 aromatic carbocycles. The Hall–Kier alpha value is -2.82. The average Bonchev–Trinajstić information content (AvgIpc) is 2.68. The Labute approximate surface area is 178 Å². The van der Waals surface area contributed by atoms with Crippen LogP contribution in [0.4, 0.5) is 0 Å². The Kier molecular flexibility index (Phi) is 6.49. The number of rotatable bonds is 7. The van der Waals surface area contributed by atoms with Gasteiger partial charge in [0.05, 0.1) is 13.2 Å². The lowest BCUT2D eigenvalue weighted by Gasteiger charge is -2.27. The second-order valence-electron chi connectivity index (χ2n) is 8.81. The van der Waals surface area contributed by atoms with Gasteiger partial charge < -0.3 is 14.0 Å². The SMILES string of the molecule is CCCCOc1c2cc3ccccc3c(=O)c-2cn(CC(C)(C)C)c1C(=O)OCC. The summed E-state index contributed by atoms with van der Waals surface area (Å²) in [6, 6.07) is 9.45. The van der Waals surface area contributed by atoms with Gasteiger partial charge >= 0.3 is 5.97 Å². The molecule has 2 aliphatic rings. The van der Waals surface area contributed by atoms with E-state index < -0.39 is 5.97 Å². The van der Waals surface area contributed by atoms with Crippen LogP contribution >= 0.6 is 0 Å². The summed E-state index contributed by atoms with van der Waals surface area (Å²) in [7, 11) is 0. The summed E-state index contributed by atoms with van der Waals surface area (Å²) in [5, 5.41) is 1.49. The highest BCUT2D eigenvalue weighted by molar-refractivity contribution is 5.98. The quantitative estimate of drug-likeness (QED) is 0.293. The van der Waals surface area contributed by atoms with Crippen molar-refractivity contribution < 1.29 is 14.3 Å². The molecule has 30 heavy (non-hydrogen) atoms. The largest absolute Gasteiger partial charge is 0.490 e. The lowest BCUT2D eigenvalue weighted by atomic mass is 9.94. The van der Waals surface area contributed by atoms with Crippen molar-refractivity contribution in [3.63, 3.8) is 0 Å². The van der Waals surface area contributed by atoms with Crippen LogP contribution in [-0.4, -0.2) is 23.8 Å². The minimum atomic E-state index is -0.434. The molecule has 1 aliphatic carbocycles. The Balaban J connectivity index is 2.38. The minimum Gasteiger partial charge on any atom is -0.490 e. The first kappa shape index (κ1) is 21.9. The molecule has 0 saturated heterocycles. The molecule has 0 amide bonds. The number of pyridine rings is 1. The van der Waals surface area contributed by atoms with Gasteiger partial charge in [0.2, 0.25) is 0 Å². The zero-order chi connectivity index (χ0) is 21.9. The van der Waals surface area contributed by atoms with Crippen LogP contribution in [0.5, 0.6) is 5.75 Å². The van der Waals surface area contributed by atoms with Gasteiger partial charge in [-0.25, -0.2) is 4.79 Å². The monoisotopic (exact) mass is 409 g/mol. The van der Waals surface area contributed by atoms with Crippen molar-refractivity contribution in [3.05, 3.63) is 52.4 Å². The number of carbonyl (C=O) groups is 1. The van der Waals surface area contributed by atoms with Gasteiger partial charge in [-0.3, -0.25) is 4.79 Å². The van der Waals surface area contributed by atoms with Crippen molar-refractivity contribution in [3.8, 4) is 16.9 Å². The van der Waals surface area contributed by atoms with E-state index >= 15 is 0 Å². The highest BCUT2D eigenvalue weighted by Gasteiger charge is 2.28. The number of carbonyl (C=O) groups excluding carboxylic acids is 1. The maximum atomic E-state index is 13.3. The van der Waals surface area contributed by atoms with E-state index in [1.54, 1.807) is 13.1 Å². The van der Waals surface area contributed by atoms with Gasteiger partial charge in [-0.1, -0.05) is 58.4 Å². The lowest BCUT2D eigenvalue weighted by Crippen LogP contribution is -2.25. The van der Waals surface area contributed by atoms with Crippen LogP contribution in [0.1, 0.15) is 57.9 Å². The van der Waals surface area contributed by atoms with Gasteiger partial charge in [0.25, 0.3) is 0 Å². The van der Waals surface area contributed by atoms with Gasteiger partial charge in [-0.2, -0.15) is 0 Å². The van der Waals surface area contributed by atoms with E-state index in [0.29, 0.717) is 41.1 Å². The molecule has 0 bridgehead atoms. The summed E-state index contributed by atoms with van der Waals surface area (Å²) in [5.41, 5.74) is 1.41. The maximum absolute atomic E-state index is 13.3. The van der Waals surface area contributed by atoms with Crippen LogP contribution in [0.25, 0.3) is 21.9 Å². The molecule has 0 spiro atoms. The molecule has 3 rings (SSSR count). The molecule has 0 radical (unpaired) electrons. The Morgan fingerprint density at radius 1 is 1.10 bits per heavy atom. The molecular weight excluding hydrogens is 378 g/mol. The van der Waals surface area contributed by atoms with Gasteiger partial charge in [0.1, 0.15) is 0 Å². The number of unbranched alkanes of at least 4 members (excludes halogenated alkanes) is 1. The molecule has 0 N–H and O–H groups in total. The predicted octanol–water partition coefficient (Wildman–Crippen LogP) is 5.51. The van der Waals surface area contributed by atoms with E-state index in [2.05, 4.69) is 27.7 Å². The van der Waals surface area contributed by atoms with E-state index in [1.807, 2.05) is 34.9 Å². The fourth-order valence-corrected chi connectivity index (χ4v) is 3.63. The zero-order valence-corrected chi connectivity index (χ0v) is 18.6. The fourth-order valence-electron chi connectivity index (χ4n) is 3.63. The van der Waals surface area contributed by atoms with Crippen molar-refractivity contribution in [1.82, 2.24) is 4.57 Å². The highest BCUT2D eigenvalue weighted by atomic mass is 16.5. The molecule has 160 valence electrons. The number of hydrogen-bond acceptors (Lipinski definition) is 4. The molecule has 0 atom stereocenters. The van der Waals surface area contributed by atoms with Crippen LogP contribution in [0.2, 0.25) is 0 Å². The fraction of sp³-hybridized carbons (Fsp3) is 0.440. The van der Waals surface area contributed by atoms with Gasteiger partial charge in [0.15, 0.2) is 16.9 Å². The van der Waals surface area contributed by atoms with Crippen LogP contribution in [0.3, 0.4) is 0 Å². The van der Waals surface area contributed by atoms with Gasteiger partial charge in [-0.05, 0) is 30.2 Å². The van der Waals surface area contributed by atoms with E-state index in [-0.39, 0.29) is 17.5 Å². The third kappa shape index (κ3) is 4.50. The van der Waals surface area contributed by atoms with Crippen LogP contribution in [0, 0.1) is 5.41 Å². The number of hydrogen-bond donors (Lipinski definition) is 0. The summed E-state index contributed by atoms with van der Waals surface area (Å²) in [4.78, 5) is 26.3. The van der Waals surface area contributed by atoms with E-state index in [4.69, 9.17) is 9.47 Å². The van der Waals surface area contributed by atoms with Crippen molar-refractivity contribution >= 4 is 16.7 Å². The topological polar surface area (TPSA) is 57.5 Å². The summed E-state index contributed by atoms with van der Waals surface area (Å²) in [6.07, 6.45) is 3.61. The minimum absolute atomic E-state index is 0.0542. The summed E-state index contributed by atoms with van der Waals surface area (Å²) in [5.74, 6) is 0.00209. The van der Waals surface area contributed by atoms with Gasteiger partial charge in [0, 0.05) is 29.3 Å². The number of fused-ring (bicyclic) bond motifs is 2. The van der Waals surface area contributed by atoms with Crippen LogP contribution in [0.15, 0.2) is 41.3 Å². The molecule has 1 heterocycles. The standard InChI is InChI=1S/C25H31NO4/c1-6-8-13-30-23-19-14-17-11-9-10-12-18(17)22(27)20(19)15-26(16-25(3,4)5)21(23)24(28)29-7-2/h9-12,14-15H,6-8,13,16H2,1-5H3. The Morgan fingerprint density at radius 3 is 2.50 bits per heavy atom. The third-order valence-electron chi connectivity index (χ3n) is 4.93. The molecule has 0 fully saturated rings. The molecule has 0 saturated carbocycles. The molecule has 5 nitrogen and oxygen atoms in total. The number of aromatic nitrogens is 1. The van der Waals surface area contributed by atoms with Crippen LogP contribution < -0.4 is 10.2 Å². The number of esters is 1. The lowest BCUT2D eigenvalue weighted by molar-refractivity contribution is 0.0504. The van der Waals surface area contributed by atoms with Crippen molar-refractivity contribution in [2.75, 3.05) is 13.2 Å². The van der Waals surface area contributed by atoms with E-state index in [9.17, 15) is 9.59 Å². The summed E-state index contributed by atoms with van der Waals surface area (Å²) >= 11 is 0. The average molecular weight is 410 g/mol. The molecule has 0 unspecified atom stereocenters. The molecule has 5 heteroatoms. The number of ether oxygens (including phenoxy) is 2. The molecular formula is C25H31NO4. The van der Waals surface area contributed by atoms with E-state index in [1.165, 1.54) is 0 Å². The smallest absolute Gasteiger partial charge is 0.358 e. The maximum Gasteiger partial charge on any atom is 0.358 e. The van der Waals surface area contributed by atoms with Crippen molar-refractivity contribution in [2.24, 2.45) is 5.41 Å². The third-order valence-corrected chi connectivity index (χ3v) is 4.93. The van der Waals surface area contributed by atoms with Crippen molar-refractivity contribution in [1.29, 1.82) is 0 Å². The van der Waals surface area contributed by atoms with Gasteiger partial charge in [-0.15, -0.1) is 0 Å². The number of benzene rings is 2. The first-order valence-electron chi connectivity index (χ1n) is 10.7. The molecule has 0 aromatic heterocycles. The number of nitrogens with zero attached hydrogens (tertiary/aromatic N) is 1. The Morgan fingerprint density at radius 2 is 1.83 bits per heavy atom. The Bertz CT molecular complexity index is 1070. The summed E-state index contributed by atoms with van der Waals surface area (Å²) in [6.45, 7) is 11.4. The first-order valence-corrected chi connectivity index (χ1v) is 10.7. The predicted molar refractivity (Wildman–Crippen MR) is 121 cm³/mol. The summed E-state index contributed by atoms with van der Waals surface area (Å²) < 4.78 is 13.4. The highest BCUT2D eigenvalue weighted by Crippen LogP contribution is 2.37. The van der Waals surface area contributed by atoms with E-state index in [0.717, 1.165) is 18.2 Å². The normalized spacial score (nSPS) is 11.8. The van der Waals surface area contributed by atoms with Crippen LogP contribution in [-0.2, 0) is 11.3 Å². The van der Waals surface area contributed by atoms with Crippen molar-refractivity contribution in [2.45, 2.75) is 54.0 Å². The molecule has 1 aromatic rings. The zero-order valence-electron chi connectivity index (χ0n) is 18.6. The molecule has 1 aliphatic heterocycles. The second-order valence-corrected chi connectivity index (χ2v) is 8.81. The second kappa shape index (κ2) is 8.90.